The molecule has 1 aliphatic heterocycles. The summed E-state index contributed by atoms with van der Waals surface area (Å²) in [6, 6.07) is 0. The van der Waals surface area contributed by atoms with Gasteiger partial charge in [0.15, 0.2) is 6.29 Å². The molecule has 0 aromatic rings. The van der Waals surface area contributed by atoms with Gasteiger partial charge in [-0.25, -0.2) is 0 Å². The van der Waals surface area contributed by atoms with Gasteiger partial charge in [-0.05, 0) is 0 Å². The van der Waals surface area contributed by atoms with Crippen molar-refractivity contribution in [2.45, 2.75) is 37.1 Å². The summed E-state index contributed by atoms with van der Waals surface area (Å²) in [6.45, 7) is -0.461. The molecule has 1 rings (SSSR count). The Hall–Kier alpha value is -1.26. The first-order valence-electron chi connectivity index (χ1n) is 5.46. The predicted octanol–water partition coefficient (Wildman–Crippen LogP) is -2.54. The molecule has 1 fully saturated rings. The number of carbonyl (C=O) groups is 2. The number of carboxylic acid groups (broad SMARTS) is 1. The maximum atomic E-state index is 11.0. The molecule has 0 bridgehead atoms. The molecular formula is C10H16O9. The first-order valence-corrected chi connectivity index (χ1v) is 5.46. The highest BCUT2D eigenvalue weighted by Crippen LogP contribution is 2.21. The van der Waals surface area contributed by atoms with Crippen molar-refractivity contribution in [3.05, 3.63) is 0 Å². The van der Waals surface area contributed by atoms with Crippen LogP contribution in [0.3, 0.4) is 0 Å². The minimum Gasteiger partial charge on any atom is -0.481 e. The first kappa shape index (κ1) is 15.8. The Balaban J connectivity index is 2.52. The lowest BCUT2D eigenvalue weighted by atomic mass is 9.99. The molecule has 4 N–H and O–H groups in total. The maximum Gasteiger partial charge on any atom is 0.317 e. The van der Waals surface area contributed by atoms with Crippen LogP contribution < -0.4 is 0 Å². The standard InChI is InChI=1S/C10H16O9/c1-17-10-9(16)8(15)7(14)4(19-10)3-18-6(13)2-5(11)12/h4,7-10,14-16H,2-3H2,1H3,(H,11,12)/t4-,7-,8+,9-,10-/m1/s1. The number of esters is 1. The number of ether oxygens (including phenoxy) is 3. The van der Waals surface area contributed by atoms with E-state index >= 15 is 0 Å². The smallest absolute Gasteiger partial charge is 0.317 e. The van der Waals surface area contributed by atoms with Gasteiger partial charge in [-0.2, -0.15) is 0 Å². The van der Waals surface area contributed by atoms with Crippen LogP contribution in [-0.2, 0) is 23.8 Å². The summed E-state index contributed by atoms with van der Waals surface area (Å²) in [4.78, 5) is 21.3. The summed E-state index contributed by atoms with van der Waals surface area (Å²) in [6.07, 6.45) is -7.57. The average molecular weight is 280 g/mol. The second kappa shape index (κ2) is 6.78. The van der Waals surface area contributed by atoms with Crippen LogP contribution in [0.2, 0.25) is 0 Å². The molecule has 5 atom stereocenters. The van der Waals surface area contributed by atoms with E-state index in [1.54, 1.807) is 0 Å². The van der Waals surface area contributed by atoms with E-state index in [-0.39, 0.29) is 0 Å². The summed E-state index contributed by atoms with van der Waals surface area (Å²) in [5.74, 6) is -2.35. The molecule has 110 valence electrons. The summed E-state index contributed by atoms with van der Waals surface area (Å²) in [5, 5.41) is 37.0. The van der Waals surface area contributed by atoms with Gasteiger partial charge in [0.2, 0.25) is 0 Å². The van der Waals surface area contributed by atoms with E-state index in [1.165, 1.54) is 7.11 Å². The second-order valence-electron chi connectivity index (χ2n) is 4.00. The highest BCUT2D eigenvalue weighted by atomic mass is 16.7. The van der Waals surface area contributed by atoms with E-state index in [9.17, 15) is 24.9 Å². The second-order valence-corrected chi connectivity index (χ2v) is 4.00. The third kappa shape index (κ3) is 4.11. The number of rotatable bonds is 5. The Bertz CT molecular complexity index is 329. The molecule has 0 saturated carbocycles. The number of aliphatic carboxylic acids is 1. The molecule has 0 aliphatic carbocycles. The molecule has 0 unspecified atom stereocenters. The molecule has 0 spiro atoms. The van der Waals surface area contributed by atoms with E-state index in [4.69, 9.17) is 14.6 Å². The maximum absolute atomic E-state index is 11.0. The number of hydrogen-bond donors (Lipinski definition) is 4. The first-order chi connectivity index (χ1) is 8.86. The van der Waals surface area contributed by atoms with Crippen LogP contribution in [-0.4, -0.2) is 76.8 Å². The monoisotopic (exact) mass is 280 g/mol. The van der Waals surface area contributed by atoms with Gasteiger partial charge < -0.3 is 34.6 Å². The van der Waals surface area contributed by atoms with Crippen molar-refractivity contribution in [1.29, 1.82) is 0 Å². The molecule has 0 aromatic heterocycles. The van der Waals surface area contributed by atoms with E-state index in [1.807, 2.05) is 0 Å². The summed E-state index contributed by atoms with van der Waals surface area (Å²) in [5.41, 5.74) is 0. The molecule has 1 heterocycles. The number of carboxylic acids is 1. The highest BCUT2D eigenvalue weighted by Gasteiger charge is 2.44. The van der Waals surface area contributed by atoms with Crippen LogP contribution in [0.15, 0.2) is 0 Å². The van der Waals surface area contributed by atoms with Gasteiger partial charge in [0, 0.05) is 7.11 Å². The molecule has 0 aromatic carbocycles. The van der Waals surface area contributed by atoms with Gasteiger partial charge in [-0.15, -0.1) is 0 Å². The van der Waals surface area contributed by atoms with Gasteiger partial charge in [-0.1, -0.05) is 0 Å². The molecule has 9 nitrogen and oxygen atoms in total. The van der Waals surface area contributed by atoms with Crippen molar-refractivity contribution in [1.82, 2.24) is 0 Å². The summed E-state index contributed by atoms with van der Waals surface area (Å²) < 4.78 is 14.4. The highest BCUT2D eigenvalue weighted by molar-refractivity contribution is 5.90. The SMILES string of the molecule is CO[C@@H]1O[C@H](COC(=O)CC(=O)O)[C@@H](O)[C@H](O)[C@H]1O. The van der Waals surface area contributed by atoms with Crippen molar-refractivity contribution in [3.8, 4) is 0 Å². The summed E-state index contributed by atoms with van der Waals surface area (Å²) in [7, 11) is 1.23. The summed E-state index contributed by atoms with van der Waals surface area (Å²) >= 11 is 0. The van der Waals surface area contributed by atoms with Crippen LogP contribution in [0.1, 0.15) is 6.42 Å². The number of hydrogen-bond acceptors (Lipinski definition) is 8. The number of aliphatic hydroxyl groups excluding tert-OH is 3. The van der Waals surface area contributed by atoms with Gasteiger partial charge in [0.05, 0.1) is 0 Å². The van der Waals surface area contributed by atoms with Crippen LogP contribution in [0.5, 0.6) is 0 Å². The third-order valence-corrected chi connectivity index (χ3v) is 2.60. The Morgan fingerprint density at radius 3 is 2.32 bits per heavy atom. The zero-order chi connectivity index (χ0) is 14.6. The van der Waals surface area contributed by atoms with Gasteiger partial charge >= 0.3 is 11.9 Å². The largest absolute Gasteiger partial charge is 0.481 e. The number of aliphatic hydroxyl groups is 3. The Morgan fingerprint density at radius 1 is 1.16 bits per heavy atom. The van der Waals surface area contributed by atoms with Crippen LogP contribution in [0.25, 0.3) is 0 Å². The van der Waals surface area contributed by atoms with Gasteiger partial charge in [-0.3, -0.25) is 9.59 Å². The minimum atomic E-state index is -1.53. The van der Waals surface area contributed by atoms with E-state index in [0.29, 0.717) is 0 Å². The van der Waals surface area contributed by atoms with Crippen molar-refractivity contribution in [2.24, 2.45) is 0 Å². The van der Waals surface area contributed by atoms with E-state index in [2.05, 4.69) is 4.74 Å². The zero-order valence-corrected chi connectivity index (χ0v) is 10.1. The van der Waals surface area contributed by atoms with Crippen molar-refractivity contribution < 1.29 is 44.2 Å². The fraction of sp³-hybridized carbons (Fsp3) is 0.800. The van der Waals surface area contributed by atoms with Crippen molar-refractivity contribution in [3.63, 3.8) is 0 Å². The fourth-order valence-corrected chi connectivity index (χ4v) is 1.60. The lowest BCUT2D eigenvalue weighted by molar-refractivity contribution is -0.295. The van der Waals surface area contributed by atoms with E-state index in [0.717, 1.165) is 0 Å². The Morgan fingerprint density at radius 2 is 1.79 bits per heavy atom. The molecule has 0 radical (unpaired) electrons. The lowest BCUT2D eigenvalue weighted by Gasteiger charge is -2.39. The van der Waals surface area contributed by atoms with Crippen molar-refractivity contribution >= 4 is 11.9 Å². The number of methoxy groups -OCH3 is 1. The normalized spacial score (nSPS) is 34.8. The average Bonchev–Trinajstić information content (AvgIpc) is 2.34. The predicted molar refractivity (Wildman–Crippen MR) is 56.9 cm³/mol. The zero-order valence-electron chi connectivity index (χ0n) is 10.1. The third-order valence-electron chi connectivity index (χ3n) is 2.60. The van der Waals surface area contributed by atoms with Crippen LogP contribution >= 0.6 is 0 Å². The van der Waals surface area contributed by atoms with E-state index < -0.39 is 55.7 Å². The quantitative estimate of drug-likeness (QED) is 0.316. The topological polar surface area (TPSA) is 143 Å². The minimum absolute atomic E-state index is 0.461. The van der Waals surface area contributed by atoms with Crippen molar-refractivity contribution in [2.75, 3.05) is 13.7 Å². The van der Waals surface area contributed by atoms with Gasteiger partial charge in [0.1, 0.15) is 37.4 Å². The fourth-order valence-electron chi connectivity index (χ4n) is 1.60. The molecule has 9 heteroatoms. The van der Waals surface area contributed by atoms with Crippen LogP contribution in [0.4, 0.5) is 0 Å². The molecule has 0 amide bonds. The molecular weight excluding hydrogens is 264 g/mol. The van der Waals surface area contributed by atoms with Crippen LogP contribution in [0, 0.1) is 0 Å². The Labute approximate surface area is 108 Å². The number of carbonyl (C=O) groups excluding carboxylic acids is 1. The Kier molecular flexibility index (Phi) is 5.63. The van der Waals surface area contributed by atoms with Gasteiger partial charge in [0.25, 0.3) is 0 Å². The molecule has 1 aliphatic rings. The lowest BCUT2D eigenvalue weighted by Crippen LogP contribution is -2.59. The molecule has 19 heavy (non-hydrogen) atoms. The molecule has 1 saturated heterocycles.